The minimum absolute atomic E-state index is 0.235. The topological polar surface area (TPSA) is 69.7 Å². The van der Waals surface area contributed by atoms with Crippen molar-refractivity contribution in [3.05, 3.63) is 71.2 Å². The van der Waals surface area contributed by atoms with E-state index >= 15 is 0 Å². The number of hydrogen-bond donors (Lipinski definition) is 1. The van der Waals surface area contributed by atoms with Crippen molar-refractivity contribution in [2.75, 3.05) is 25.1 Å². The number of anilines is 1. The number of benzene rings is 2. The Balaban J connectivity index is 1.56. The van der Waals surface area contributed by atoms with Crippen LogP contribution < -0.4 is 19.5 Å². The summed E-state index contributed by atoms with van der Waals surface area (Å²) >= 11 is 1.39. The van der Waals surface area contributed by atoms with Gasteiger partial charge in [0.25, 0.3) is 0 Å². The van der Waals surface area contributed by atoms with Crippen LogP contribution in [0.15, 0.2) is 60.0 Å². The molecule has 0 unspecified atom stereocenters. The summed E-state index contributed by atoms with van der Waals surface area (Å²) in [5.41, 5.74) is 1.71. The smallest absolute Gasteiger partial charge is 0.250 e. The molecule has 7 heteroatoms. The number of hydrogen-bond acceptors (Lipinski definition) is 6. The molecule has 1 N–H and O–H groups in total. The normalized spacial score (nSPS) is 10.7. The summed E-state index contributed by atoms with van der Waals surface area (Å²) in [6.45, 7) is 5.12. The summed E-state index contributed by atoms with van der Waals surface area (Å²) < 4.78 is 17.1. The quantitative estimate of drug-likeness (QED) is 0.368. The van der Waals surface area contributed by atoms with Gasteiger partial charge in [0.05, 0.1) is 12.3 Å². The van der Waals surface area contributed by atoms with Crippen LogP contribution in [0.4, 0.5) is 5.13 Å². The van der Waals surface area contributed by atoms with E-state index in [4.69, 9.17) is 14.2 Å². The Morgan fingerprint density at radius 2 is 1.87 bits per heavy atom. The zero-order valence-electron chi connectivity index (χ0n) is 17.0. The van der Waals surface area contributed by atoms with Crippen molar-refractivity contribution in [3.63, 3.8) is 0 Å². The Bertz CT molecular complexity index is 986. The Morgan fingerprint density at radius 3 is 2.60 bits per heavy atom. The third kappa shape index (κ3) is 6.63. The number of rotatable bonds is 10. The van der Waals surface area contributed by atoms with Gasteiger partial charge in [-0.25, -0.2) is 4.98 Å². The van der Waals surface area contributed by atoms with Crippen molar-refractivity contribution in [1.29, 1.82) is 0 Å². The largest absolute Gasteiger partial charge is 0.490 e. The third-order valence-electron chi connectivity index (χ3n) is 3.90. The molecule has 1 amide bonds. The fraction of sp³-hybridized carbons (Fsp3) is 0.217. The van der Waals surface area contributed by atoms with E-state index in [2.05, 4.69) is 10.3 Å². The zero-order valence-corrected chi connectivity index (χ0v) is 17.8. The van der Waals surface area contributed by atoms with E-state index < -0.39 is 0 Å². The maximum Gasteiger partial charge on any atom is 0.250 e. The molecule has 0 atom stereocenters. The summed E-state index contributed by atoms with van der Waals surface area (Å²) in [6, 6.07) is 15.1. The molecule has 30 heavy (non-hydrogen) atoms. The van der Waals surface area contributed by atoms with Gasteiger partial charge in [0.1, 0.15) is 19.0 Å². The fourth-order valence-corrected chi connectivity index (χ4v) is 3.27. The minimum atomic E-state index is -0.235. The van der Waals surface area contributed by atoms with Gasteiger partial charge in [-0.15, -0.1) is 11.3 Å². The predicted octanol–water partition coefficient (Wildman–Crippen LogP) is 4.96. The number of carbonyl (C=O) groups is 1. The fourth-order valence-electron chi connectivity index (χ4n) is 2.57. The first kappa shape index (κ1) is 21.4. The van der Waals surface area contributed by atoms with Crippen molar-refractivity contribution in [3.8, 4) is 17.2 Å². The number of carbonyl (C=O) groups excluding carboxylic acids is 1. The van der Waals surface area contributed by atoms with Crippen LogP contribution in [-0.4, -0.2) is 30.7 Å². The second-order valence-corrected chi connectivity index (χ2v) is 7.12. The van der Waals surface area contributed by atoms with Crippen LogP contribution in [0.1, 0.15) is 18.2 Å². The van der Waals surface area contributed by atoms with Crippen LogP contribution in [0.25, 0.3) is 6.08 Å². The Hall–Kier alpha value is -3.32. The lowest BCUT2D eigenvalue weighted by Gasteiger charge is -2.13. The van der Waals surface area contributed by atoms with E-state index in [1.54, 1.807) is 6.08 Å². The van der Waals surface area contributed by atoms with Crippen LogP contribution in [0.5, 0.6) is 17.2 Å². The van der Waals surface area contributed by atoms with Crippen molar-refractivity contribution in [2.45, 2.75) is 13.8 Å². The highest BCUT2D eigenvalue weighted by Gasteiger charge is 2.07. The highest BCUT2D eigenvalue weighted by atomic mass is 32.1. The minimum Gasteiger partial charge on any atom is -0.490 e. The molecule has 2 aromatic carbocycles. The summed E-state index contributed by atoms with van der Waals surface area (Å²) in [7, 11) is 0. The SMILES string of the molecule is CCOc1cc(/C=C/C(=O)Nc2nc(C)cs2)ccc1OCCOc1ccccc1. The molecule has 6 nitrogen and oxygen atoms in total. The molecule has 0 radical (unpaired) electrons. The van der Waals surface area contributed by atoms with Crippen molar-refractivity contribution in [1.82, 2.24) is 4.98 Å². The van der Waals surface area contributed by atoms with E-state index in [9.17, 15) is 4.79 Å². The second-order valence-electron chi connectivity index (χ2n) is 6.27. The van der Waals surface area contributed by atoms with Crippen LogP contribution in [0, 0.1) is 6.92 Å². The summed E-state index contributed by atoms with van der Waals surface area (Å²) in [5, 5.41) is 5.21. The number of thiazole rings is 1. The van der Waals surface area contributed by atoms with E-state index in [0.29, 0.717) is 36.5 Å². The maximum absolute atomic E-state index is 12.1. The van der Waals surface area contributed by atoms with Gasteiger partial charge in [-0.3, -0.25) is 10.1 Å². The van der Waals surface area contributed by atoms with E-state index in [0.717, 1.165) is 17.0 Å². The molecule has 0 saturated heterocycles. The second kappa shape index (κ2) is 11.0. The third-order valence-corrected chi connectivity index (χ3v) is 4.77. The number of ether oxygens (including phenoxy) is 3. The van der Waals surface area contributed by atoms with Gasteiger partial charge in [-0.1, -0.05) is 24.3 Å². The Kier molecular flexibility index (Phi) is 7.86. The van der Waals surface area contributed by atoms with Crippen LogP contribution >= 0.6 is 11.3 Å². The molecule has 3 rings (SSSR count). The lowest BCUT2D eigenvalue weighted by molar-refractivity contribution is -0.111. The van der Waals surface area contributed by atoms with Gasteiger partial charge in [0.2, 0.25) is 5.91 Å². The van der Waals surface area contributed by atoms with Crippen molar-refractivity contribution in [2.24, 2.45) is 0 Å². The zero-order chi connectivity index (χ0) is 21.2. The first-order chi connectivity index (χ1) is 14.6. The molecule has 0 aliphatic carbocycles. The molecule has 156 valence electrons. The number of aromatic nitrogens is 1. The molecule has 0 aliphatic heterocycles. The van der Waals surface area contributed by atoms with E-state index in [-0.39, 0.29) is 5.91 Å². The average Bonchev–Trinajstić information content (AvgIpc) is 3.16. The summed E-state index contributed by atoms with van der Waals surface area (Å²) in [4.78, 5) is 16.3. The number of para-hydroxylation sites is 1. The van der Waals surface area contributed by atoms with Gasteiger partial charge in [0, 0.05) is 11.5 Å². The first-order valence-corrected chi connectivity index (χ1v) is 10.5. The molecule has 1 heterocycles. The van der Waals surface area contributed by atoms with Gasteiger partial charge in [0.15, 0.2) is 16.6 Å². The highest BCUT2D eigenvalue weighted by molar-refractivity contribution is 7.13. The van der Waals surface area contributed by atoms with Gasteiger partial charge in [-0.05, 0) is 49.8 Å². The average molecular weight is 425 g/mol. The van der Waals surface area contributed by atoms with E-state index in [1.165, 1.54) is 17.4 Å². The number of nitrogens with zero attached hydrogens (tertiary/aromatic N) is 1. The molecule has 1 aromatic heterocycles. The highest BCUT2D eigenvalue weighted by Crippen LogP contribution is 2.29. The number of aryl methyl sites for hydroxylation is 1. The molecular formula is C23H24N2O4S. The lowest BCUT2D eigenvalue weighted by Crippen LogP contribution is -2.10. The molecule has 0 aliphatic rings. The molecule has 3 aromatic rings. The Morgan fingerprint density at radius 1 is 1.07 bits per heavy atom. The lowest BCUT2D eigenvalue weighted by atomic mass is 10.2. The molecule has 0 saturated carbocycles. The van der Waals surface area contributed by atoms with Gasteiger partial charge in [-0.2, -0.15) is 0 Å². The van der Waals surface area contributed by atoms with Crippen LogP contribution in [0.3, 0.4) is 0 Å². The number of nitrogens with one attached hydrogen (secondary N) is 1. The van der Waals surface area contributed by atoms with E-state index in [1.807, 2.05) is 67.8 Å². The standard InChI is InChI=1S/C23H24N2O4S/c1-3-27-21-15-18(10-12-22(26)25-23-24-17(2)16-30-23)9-11-20(21)29-14-13-28-19-7-5-4-6-8-19/h4-12,15-16H,3,13-14H2,1-2H3,(H,24,25,26)/b12-10+. The van der Waals surface area contributed by atoms with Crippen LogP contribution in [0.2, 0.25) is 0 Å². The molecule has 0 spiro atoms. The van der Waals surface area contributed by atoms with Crippen molar-refractivity contribution >= 4 is 28.5 Å². The first-order valence-electron chi connectivity index (χ1n) is 9.62. The molecular weight excluding hydrogens is 400 g/mol. The summed E-state index contributed by atoms with van der Waals surface area (Å²) in [6.07, 6.45) is 3.19. The monoisotopic (exact) mass is 424 g/mol. The van der Waals surface area contributed by atoms with Crippen LogP contribution in [-0.2, 0) is 4.79 Å². The maximum atomic E-state index is 12.1. The van der Waals surface area contributed by atoms with Crippen molar-refractivity contribution < 1.29 is 19.0 Å². The summed E-state index contributed by atoms with van der Waals surface area (Å²) in [5.74, 6) is 1.82. The van der Waals surface area contributed by atoms with Gasteiger partial charge < -0.3 is 14.2 Å². The molecule has 0 bridgehead atoms. The Labute approximate surface area is 180 Å². The predicted molar refractivity (Wildman–Crippen MR) is 120 cm³/mol. The number of amides is 1. The van der Waals surface area contributed by atoms with Gasteiger partial charge >= 0.3 is 0 Å². The molecule has 0 fully saturated rings.